The molecule has 9 nitrogen and oxygen atoms in total. The molecule has 1 rings (SSSR count). The highest BCUT2D eigenvalue weighted by Gasteiger charge is 2.16. The lowest BCUT2D eigenvalue weighted by Gasteiger charge is -2.19. The summed E-state index contributed by atoms with van der Waals surface area (Å²) in [5.74, 6) is -2.50. The van der Waals surface area contributed by atoms with E-state index in [1.165, 1.54) is 23.9 Å². The molecule has 0 radical (unpaired) electrons. The molecule has 0 spiro atoms. The van der Waals surface area contributed by atoms with Crippen LogP contribution >= 0.6 is 11.8 Å². The molecule has 1 aromatic carbocycles. The first-order chi connectivity index (χ1) is 12.5. The lowest BCUT2D eigenvalue weighted by atomic mass is 10.1. The van der Waals surface area contributed by atoms with Crippen molar-refractivity contribution in [3.05, 3.63) is 29.3 Å². The summed E-state index contributed by atoms with van der Waals surface area (Å²) in [6, 6.07) is 3.38. The van der Waals surface area contributed by atoms with E-state index in [9.17, 15) is 19.2 Å². The predicted octanol–water partition coefficient (Wildman–Crippen LogP) is 2.28. The standard InChI is InChI=1S/C17H22N2O7S/c1-17(2,3)26-16(25)18-4-5-27-9-13(20)19-12-7-10(14(21)22)6-11(8-12)15(23)24/h6-8H,4-5,9H2,1-3H3,(H,18,25)(H,19,20)(H,21,22)(H,23,24). The van der Waals surface area contributed by atoms with Crippen molar-refractivity contribution >= 4 is 41.4 Å². The molecule has 0 fully saturated rings. The van der Waals surface area contributed by atoms with Crippen molar-refractivity contribution in [3.63, 3.8) is 0 Å². The zero-order chi connectivity index (χ0) is 20.6. The number of carboxylic acids is 2. The van der Waals surface area contributed by atoms with Gasteiger partial charge in [-0.2, -0.15) is 11.8 Å². The van der Waals surface area contributed by atoms with Gasteiger partial charge in [0.15, 0.2) is 0 Å². The van der Waals surface area contributed by atoms with Crippen LogP contribution in [0.4, 0.5) is 10.5 Å². The fraction of sp³-hybridized carbons (Fsp3) is 0.412. The van der Waals surface area contributed by atoms with E-state index in [-0.39, 0.29) is 22.6 Å². The number of carbonyl (C=O) groups is 4. The van der Waals surface area contributed by atoms with Crippen LogP contribution in [0.5, 0.6) is 0 Å². The second kappa shape index (κ2) is 9.81. The maximum atomic E-state index is 11.9. The van der Waals surface area contributed by atoms with Crippen molar-refractivity contribution in [2.45, 2.75) is 26.4 Å². The van der Waals surface area contributed by atoms with E-state index in [2.05, 4.69) is 10.6 Å². The summed E-state index contributed by atoms with van der Waals surface area (Å²) in [6.45, 7) is 5.56. The summed E-state index contributed by atoms with van der Waals surface area (Å²) in [5.41, 5.74) is -0.972. The van der Waals surface area contributed by atoms with Crippen LogP contribution in [0.25, 0.3) is 0 Å². The quantitative estimate of drug-likeness (QED) is 0.489. The maximum Gasteiger partial charge on any atom is 0.407 e. The van der Waals surface area contributed by atoms with Crippen molar-refractivity contribution in [2.24, 2.45) is 0 Å². The first-order valence-corrected chi connectivity index (χ1v) is 9.09. The van der Waals surface area contributed by atoms with Gasteiger partial charge in [-0.25, -0.2) is 14.4 Å². The summed E-state index contributed by atoms with van der Waals surface area (Å²) in [5, 5.41) is 23.0. The number of carbonyl (C=O) groups excluding carboxylic acids is 2. The minimum Gasteiger partial charge on any atom is -0.478 e. The normalized spacial score (nSPS) is 10.8. The molecule has 27 heavy (non-hydrogen) atoms. The van der Waals surface area contributed by atoms with Crippen molar-refractivity contribution in [1.29, 1.82) is 0 Å². The van der Waals surface area contributed by atoms with Gasteiger partial charge in [0.25, 0.3) is 0 Å². The Labute approximate surface area is 160 Å². The first kappa shape index (κ1) is 22.3. The fourth-order valence-corrected chi connectivity index (χ4v) is 2.50. The highest BCUT2D eigenvalue weighted by atomic mass is 32.2. The third-order valence-electron chi connectivity index (χ3n) is 2.86. The maximum absolute atomic E-state index is 11.9. The highest BCUT2D eigenvalue weighted by Crippen LogP contribution is 2.16. The molecular formula is C17H22N2O7S. The molecule has 0 bridgehead atoms. The van der Waals surface area contributed by atoms with E-state index in [1.807, 2.05) is 0 Å². The molecule has 4 N–H and O–H groups in total. The molecule has 2 amide bonds. The third kappa shape index (κ3) is 8.95. The number of aromatic carboxylic acids is 2. The lowest BCUT2D eigenvalue weighted by molar-refractivity contribution is -0.113. The van der Waals surface area contributed by atoms with Crippen LogP contribution in [0.15, 0.2) is 18.2 Å². The number of anilines is 1. The molecule has 0 heterocycles. The Kier molecular flexibility index (Phi) is 8.10. The van der Waals surface area contributed by atoms with Crippen molar-refractivity contribution < 1.29 is 34.1 Å². The Bertz CT molecular complexity index is 696. The predicted molar refractivity (Wildman–Crippen MR) is 101 cm³/mol. The molecule has 0 aromatic heterocycles. The SMILES string of the molecule is CC(C)(C)OC(=O)NCCSCC(=O)Nc1cc(C(=O)O)cc(C(=O)O)c1. The van der Waals surface area contributed by atoms with E-state index >= 15 is 0 Å². The van der Waals surface area contributed by atoms with Crippen LogP contribution in [0, 0.1) is 0 Å². The summed E-state index contributed by atoms with van der Waals surface area (Å²) in [4.78, 5) is 45.5. The molecule has 0 saturated carbocycles. The van der Waals surface area contributed by atoms with Crippen molar-refractivity contribution in [3.8, 4) is 0 Å². The number of nitrogens with one attached hydrogen (secondary N) is 2. The molecule has 0 atom stereocenters. The lowest BCUT2D eigenvalue weighted by Crippen LogP contribution is -2.33. The second-order valence-corrected chi connectivity index (χ2v) is 7.54. The highest BCUT2D eigenvalue weighted by molar-refractivity contribution is 7.99. The number of carboxylic acid groups (broad SMARTS) is 2. The summed E-state index contributed by atoms with van der Waals surface area (Å²) < 4.78 is 5.07. The zero-order valence-electron chi connectivity index (χ0n) is 15.2. The molecule has 148 valence electrons. The van der Waals surface area contributed by atoms with Gasteiger partial charge in [-0.05, 0) is 39.0 Å². The largest absolute Gasteiger partial charge is 0.478 e. The van der Waals surface area contributed by atoms with Crippen molar-refractivity contribution in [2.75, 3.05) is 23.4 Å². The Balaban J connectivity index is 2.46. The molecule has 0 unspecified atom stereocenters. The Morgan fingerprint density at radius 2 is 1.59 bits per heavy atom. The van der Waals surface area contributed by atoms with E-state index in [0.29, 0.717) is 12.3 Å². The topological polar surface area (TPSA) is 142 Å². The van der Waals surface area contributed by atoms with Gasteiger partial charge in [-0.15, -0.1) is 0 Å². The number of rotatable bonds is 8. The molecule has 1 aromatic rings. The number of alkyl carbamates (subject to hydrolysis) is 1. The molecule has 0 aliphatic carbocycles. The van der Waals surface area contributed by atoms with Gasteiger partial charge in [0, 0.05) is 18.0 Å². The van der Waals surface area contributed by atoms with E-state index in [0.717, 1.165) is 6.07 Å². The fourth-order valence-electron chi connectivity index (χ4n) is 1.85. The van der Waals surface area contributed by atoms with Crippen LogP contribution in [-0.2, 0) is 9.53 Å². The molecular weight excluding hydrogens is 376 g/mol. The monoisotopic (exact) mass is 398 g/mol. The number of amides is 2. The molecule has 0 aliphatic heterocycles. The Morgan fingerprint density at radius 3 is 2.07 bits per heavy atom. The van der Waals surface area contributed by atoms with Gasteiger partial charge in [0.2, 0.25) is 5.91 Å². The van der Waals surface area contributed by atoms with Crippen LogP contribution < -0.4 is 10.6 Å². The number of benzene rings is 1. The first-order valence-electron chi connectivity index (χ1n) is 7.94. The summed E-state index contributed by atoms with van der Waals surface area (Å²) >= 11 is 1.25. The summed E-state index contributed by atoms with van der Waals surface area (Å²) in [6.07, 6.45) is -0.542. The van der Waals surface area contributed by atoms with Crippen LogP contribution in [0.1, 0.15) is 41.5 Å². The van der Waals surface area contributed by atoms with Crippen LogP contribution in [0.3, 0.4) is 0 Å². The molecule has 0 aliphatic rings. The van der Waals surface area contributed by atoms with Gasteiger partial charge < -0.3 is 25.6 Å². The average molecular weight is 398 g/mol. The number of ether oxygens (including phenoxy) is 1. The molecule has 0 saturated heterocycles. The Morgan fingerprint density at radius 1 is 1.04 bits per heavy atom. The van der Waals surface area contributed by atoms with Crippen molar-refractivity contribution in [1.82, 2.24) is 5.32 Å². The van der Waals surface area contributed by atoms with Gasteiger partial charge in [-0.1, -0.05) is 0 Å². The minimum absolute atomic E-state index is 0.0513. The van der Waals surface area contributed by atoms with Crippen LogP contribution in [0.2, 0.25) is 0 Å². The molecule has 10 heteroatoms. The summed E-state index contributed by atoms with van der Waals surface area (Å²) in [7, 11) is 0. The van der Waals surface area contributed by atoms with E-state index < -0.39 is 29.5 Å². The van der Waals surface area contributed by atoms with Gasteiger partial charge in [-0.3, -0.25) is 4.79 Å². The smallest absolute Gasteiger partial charge is 0.407 e. The van der Waals surface area contributed by atoms with Crippen LogP contribution in [-0.4, -0.2) is 57.8 Å². The van der Waals surface area contributed by atoms with Gasteiger partial charge in [0.05, 0.1) is 16.9 Å². The number of hydrogen-bond acceptors (Lipinski definition) is 6. The van der Waals surface area contributed by atoms with E-state index in [1.54, 1.807) is 20.8 Å². The van der Waals surface area contributed by atoms with Gasteiger partial charge >= 0.3 is 18.0 Å². The minimum atomic E-state index is -1.30. The third-order valence-corrected chi connectivity index (χ3v) is 3.82. The number of thioether (sulfide) groups is 1. The zero-order valence-corrected chi connectivity index (χ0v) is 16.0. The van der Waals surface area contributed by atoms with E-state index in [4.69, 9.17) is 14.9 Å². The number of hydrogen-bond donors (Lipinski definition) is 4. The second-order valence-electron chi connectivity index (χ2n) is 6.44. The Hall–Kier alpha value is -2.75. The average Bonchev–Trinajstić information content (AvgIpc) is 2.52. The van der Waals surface area contributed by atoms with Gasteiger partial charge in [0.1, 0.15) is 5.60 Å².